The van der Waals surface area contributed by atoms with E-state index in [9.17, 15) is 5.26 Å². The Morgan fingerprint density at radius 3 is 3.00 bits per heavy atom. The van der Waals surface area contributed by atoms with E-state index < -0.39 is 12.6 Å². The number of hydrogen-bond donors (Lipinski definition) is 0. The van der Waals surface area contributed by atoms with Crippen LogP contribution in [0.25, 0.3) is 0 Å². The first-order chi connectivity index (χ1) is 14.3. The molecule has 0 saturated carbocycles. The summed E-state index contributed by atoms with van der Waals surface area (Å²) in [5.74, 6) is 0.933. The molecule has 0 aliphatic carbocycles. The van der Waals surface area contributed by atoms with Gasteiger partial charge in [-0.3, -0.25) is 4.90 Å². The molecule has 4 aliphatic rings. The molecular weight excluding hydrogens is 379 g/mol. The van der Waals surface area contributed by atoms with Crippen molar-refractivity contribution in [1.29, 1.82) is 5.26 Å². The van der Waals surface area contributed by atoms with Crippen molar-refractivity contribution in [2.24, 2.45) is 4.99 Å². The van der Waals surface area contributed by atoms with E-state index in [1.807, 2.05) is 30.5 Å². The molecule has 10 nitrogen and oxygen atoms in total. The third-order valence-electron chi connectivity index (χ3n) is 5.39. The van der Waals surface area contributed by atoms with Crippen LogP contribution >= 0.6 is 0 Å². The minimum atomic E-state index is -1.65. The molecule has 0 amide bonds. The van der Waals surface area contributed by atoms with Gasteiger partial charge >= 0.3 is 6.01 Å². The lowest BCUT2D eigenvalue weighted by Crippen LogP contribution is -2.48. The molecule has 4 aliphatic heterocycles. The zero-order valence-corrected chi connectivity index (χ0v) is 15.1. The molecule has 146 valence electrons. The van der Waals surface area contributed by atoms with Crippen LogP contribution in [-0.4, -0.2) is 39.4 Å². The van der Waals surface area contributed by atoms with E-state index in [4.69, 9.17) is 9.26 Å². The lowest BCUT2D eigenvalue weighted by atomic mass is 10.1. The molecule has 6 rings (SSSR count). The quantitative estimate of drug-likeness (QED) is 0.561. The van der Waals surface area contributed by atoms with Crippen LogP contribution in [0.5, 0.6) is 0 Å². The Hall–Kier alpha value is -3.65. The molecule has 1 aromatic carbocycles. The van der Waals surface area contributed by atoms with Crippen molar-refractivity contribution in [1.82, 2.24) is 20.0 Å². The van der Waals surface area contributed by atoms with E-state index >= 15 is 4.39 Å². The zero-order chi connectivity index (χ0) is 19.5. The number of aliphatic imine (C=N–C) groups is 1. The van der Waals surface area contributed by atoms with Crippen molar-refractivity contribution >= 4 is 18.0 Å². The minimum absolute atomic E-state index is 0.184. The molecule has 1 fully saturated rings. The second kappa shape index (κ2) is 5.92. The molecule has 0 bridgehead atoms. The highest BCUT2D eigenvalue weighted by Crippen LogP contribution is 2.48. The predicted octanol–water partition coefficient (Wildman–Crippen LogP) is 2.35. The topological polar surface area (TPSA) is 97.3 Å². The fourth-order valence-corrected chi connectivity index (χ4v) is 4.07. The Kier molecular flexibility index (Phi) is 3.33. The maximum absolute atomic E-state index is 15.0. The first kappa shape index (κ1) is 16.3. The van der Waals surface area contributed by atoms with Crippen LogP contribution in [0.2, 0.25) is 0 Å². The first-order valence-corrected chi connectivity index (χ1v) is 9.25. The summed E-state index contributed by atoms with van der Waals surface area (Å²) in [6.07, 6.45) is 4.41. The Bertz CT molecular complexity index is 1070. The van der Waals surface area contributed by atoms with Crippen molar-refractivity contribution in [3.63, 3.8) is 0 Å². The number of para-hydroxylation sites is 1. The van der Waals surface area contributed by atoms with E-state index in [0.717, 1.165) is 23.3 Å². The fraction of sp³-hybridized carbons (Fsp3) is 0.333. The number of nitriles is 1. The summed E-state index contributed by atoms with van der Waals surface area (Å²) in [5, 5.41) is 16.7. The average molecular weight is 394 g/mol. The average Bonchev–Trinajstić information content (AvgIpc) is 3.52. The summed E-state index contributed by atoms with van der Waals surface area (Å²) in [4.78, 5) is 11.4. The molecule has 1 aromatic heterocycles. The van der Waals surface area contributed by atoms with Crippen LogP contribution in [0.1, 0.15) is 36.5 Å². The Balaban J connectivity index is 1.42. The number of benzene rings is 1. The molecule has 5 heterocycles. The van der Waals surface area contributed by atoms with Crippen LogP contribution < -0.4 is 9.91 Å². The summed E-state index contributed by atoms with van der Waals surface area (Å²) in [6.45, 7) is 0.675. The second-order valence-corrected chi connectivity index (χ2v) is 7.00. The highest BCUT2D eigenvalue weighted by Gasteiger charge is 2.49. The molecule has 1 saturated heterocycles. The first-order valence-electron chi connectivity index (χ1n) is 9.25. The largest absolute Gasteiger partial charge is 0.370 e. The Morgan fingerprint density at radius 2 is 2.17 bits per heavy atom. The molecule has 0 spiro atoms. The highest BCUT2D eigenvalue weighted by atomic mass is 19.1. The maximum Gasteiger partial charge on any atom is 0.348 e. The van der Waals surface area contributed by atoms with Gasteiger partial charge in [-0.2, -0.15) is 19.6 Å². The molecular formula is C18H15FN8O2. The lowest BCUT2D eigenvalue weighted by Gasteiger charge is -2.41. The molecule has 2 aromatic rings. The van der Waals surface area contributed by atoms with Crippen LogP contribution in [0.3, 0.4) is 0 Å². The van der Waals surface area contributed by atoms with E-state index in [1.54, 1.807) is 16.4 Å². The standard InChI is InChI=1S/C18H15FN8O2/c19-17-24(9-20)8-14-26(17)12-5-2-1-4-11(12)16-21-10-25(27(14)16)18-22-15(23-29-18)13-6-3-7-28-13/h1-2,4-5,8,10,13,16-17H,3,6-7H2. The number of ether oxygens (including phenoxy) is 1. The van der Waals surface area contributed by atoms with Gasteiger partial charge in [-0.25, -0.2) is 14.9 Å². The summed E-state index contributed by atoms with van der Waals surface area (Å²) in [6, 6.07) is 7.60. The zero-order valence-electron chi connectivity index (χ0n) is 15.1. The van der Waals surface area contributed by atoms with Gasteiger partial charge in [0.05, 0.1) is 11.9 Å². The van der Waals surface area contributed by atoms with Crippen LogP contribution in [0.4, 0.5) is 16.1 Å². The number of alkyl halides is 1. The van der Waals surface area contributed by atoms with Gasteiger partial charge in [-0.1, -0.05) is 23.4 Å². The number of nitrogens with zero attached hydrogens (tertiary/aromatic N) is 8. The third-order valence-corrected chi connectivity index (χ3v) is 5.39. The summed E-state index contributed by atoms with van der Waals surface area (Å²) in [5.41, 5.74) is 1.47. The van der Waals surface area contributed by atoms with E-state index in [0.29, 0.717) is 23.9 Å². The van der Waals surface area contributed by atoms with Gasteiger partial charge in [0, 0.05) is 12.2 Å². The van der Waals surface area contributed by atoms with Crippen molar-refractivity contribution < 1.29 is 13.7 Å². The number of aromatic nitrogens is 2. The van der Waals surface area contributed by atoms with Gasteiger partial charge in [-0.15, -0.1) is 0 Å². The van der Waals surface area contributed by atoms with Crippen molar-refractivity contribution in [3.8, 4) is 6.19 Å². The molecule has 0 radical (unpaired) electrons. The van der Waals surface area contributed by atoms with Crippen molar-refractivity contribution in [3.05, 3.63) is 47.7 Å². The van der Waals surface area contributed by atoms with Crippen LogP contribution in [0, 0.1) is 11.5 Å². The number of hydrazine groups is 1. The van der Waals surface area contributed by atoms with E-state index in [2.05, 4.69) is 15.1 Å². The fourth-order valence-electron chi connectivity index (χ4n) is 4.07. The third kappa shape index (κ3) is 2.20. The van der Waals surface area contributed by atoms with Gasteiger partial charge in [0.25, 0.3) is 6.42 Å². The molecule has 3 atom stereocenters. The number of rotatable bonds is 2. The van der Waals surface area contributed by atoms with Crippen molar-refractivity contribution in [2.75, 3.05) is 16.5 Å². The number of anilines is 2. The van der Waals surface area contributed by atoms with Gasteiger partial charge in [-0.05, 0) is 18.9 Å². The van der Waals surface area contributed by atoms with Gasteiger partial charge in [0.15, 0.2) is 18.2 Å². The minimum Gasteiger partial charge on any atom is -0.370 e. The normalized spacial score (nSPS) is 27.0. The second-order valence-electron chi connectivity index (χ2n) is 7.00. The molecule has 3 unspecified atom stereocenters. The monoisotopic (exact) mass is 394 g/mol. The van der Waals surface area contributed by atoms with Crippen LogP contribution in [-0.2, 0) is 4.74 Å². The number of fused-ring (bicyclic) bond motifs is 6. The SMILES string of the molecule is N#CN1C=C2N(c3ccccc3C3N=CN(c4nc(C5CCCO5)no4)N23)C1F. The molecule has 11 heteroatoms. The summed E-state index contributed by atoms with van der Waals surface area (Å²) < 4.78 is 26.1. The number of halogens is 1. The molecule has 29 heavy (non-hydrogen) atoms. The van der Waals surface area contributed by atoms with Crippen LogP contribution in [0.15, 0.2) is 45.8 Å². The van der Waals surface area contributed by atoms with E-state index in [1.165, 1.54) is 11.1 Å². The lowest BCUT2D eigenvalue weighted by molar-refractivity contribution is 0.103. The summed E-state index contributed by atoms with van der Waals surface area (Å²) in [7, 11) is 0. The van der Waals surface area contributed by atoms with Gasteiger partial charge in [0.1, 0.15) is 12.4 Å². The highest BCUT2D eigenvalue weighted by molar-refractivity contribution is 5.79. The molecule has 0 N–H and O–H groups in total. The summed E-state index contributed by atoms with van der Waals surface area (Å²) >= 11 is 0. The van der Waals surface area contributed by atoms with Gasteiger partial charge in [0.2, 0.25) is 5.82 Å². The Morgan fingerprint density at radius 1 is 1.28 bits per heavy atom. The Labute approximate surface area is 164 Å². The smallest absolute Gasteiger partial charge is 0.348 e. The van der Waals surface area contributed by atoms with Gasteiger partial charge < -0.3 is 9.26 Å². The van der Waals surface area contributed by atoms with E-state index in [-0.39, 0.29) is 12.1 Å². The maximum atomic E-state index is 15.0. The number of hydrogen-bond acceptors (Lipinski definition) is 10. The van der Waals surface area contributed by atoms with Crippen molar-refractivity contribution in [2.45, 2.75) is 31.5 Å². The predicted molar refractivity (Wildman–Crippen MR) is 97.1 cm³/mol.